The van der Waals surface area contributed by atoms with Crippen LogP contribution in [0.3, 0.4) is 0 Å². The molecule has 0 unspecified atom stereocenters. The van der Waals surface area contributed by atoms with Crippen molar-refractivity contribution >= 4 is 34.7 Å². The molecule has 0 bridgehead atoms. The first-order chi connectivity index (χ1) is 8.81. The van der Waals surface area contributed by atoms with Gasteiger partial charge in [0.2, 0.25) is 11.3 Å². The zero-order valence-electron chi connectivity index (χ0n) is 10.9. The van der Waals surface area contributed by atoms with Crippen LogP contribution in [0.15, 0.2) is 27.4 Å². The van der Waals surface area contributed by atoms with Gasteiger partial charge in [-0.3, -0.25) is 9.59 Å². The number of rotatable bonds is 2. The van der Waals surface area contributed by atoms with E-state index in [1.54, 1.807) is 12.1 Å². The summed E-state index contributed by atoms with van der Waals surface area (Å²) in [6.07, 6.45) is 0.500. The molecule has 2 aromatic rings. The van der Waals surface area contributed by atoms with E-state index in [1.807, 2.05) is 20.8 Å². The van der Waals surface area contributed by atoms with Crippen molar-refractivity contribution < 1.29 is 9.21 Å². The number of benzene rings is 1. The van der Waals surface area contributed by atoms with Gasteiger partial charge >= 0.3 is 0 Å². The molecule has 0 aliphatic heterocycles. The van der Waals surface area contributed by atoms with Crippen LogP contribution in [-0.2, 0) is 0 Å². The highest BCUT2D eigenvalue weighted by molar-refractivity contribution is 6.31. The summed E-state index contributed by atoms with van der Waals surface area (Å²) in [7, 11) is 0. The molecule has 0 aliphatic carbocycles. The highest BCUT2D eigenvalue weighted by atomic mass is 35.5. The van der Waals surface area contributed by atoms with Gasteiger partial charge in [0.25, 0.3) is 0 Å². The number of nitrogens with one attached hydrogen (secondary N) is 1. The Kier molecular flexibility index (Phi) is 3.37. The molecule has 0 saturated heterocycles. The Balaban J connectivity index is 2.75. The van der Waals surface area contributed by atoms with Crippen LogP contribution in [0.5, 0.6) is 0 Å². The molecule has 1 aromatic carbocycles. The van der Waals surface area contributed by atoms with Gasteiger partial charge in [0.15, 0.2) is 6.29 Å². The summed E-state index contributed by atoms with van der Waals surface area (Å²) in [5.74, 6) is 0.183. The summed E-state index contributed by atoms with van der Waals surface area (Å²) in [6.45, 7) is 5.73. The van der Waals surface area contributed by atoms with Crippen molar-refractivity contribution in [2.45, 2.75) is 26.3 Å². The van der Waals surface area contributed by atoms with E-state index < -0.39 is 0 Å². The van der Waals surface area contributed by atoms with E-state index in [0.29, 0.717) is 22.3 Å². The predicted octanol–water partition coefficient (Wildman–Crippen LogP) is 3.47. The maximum atomic E-state index is 12.2. The third kappa shape index (κ3) is 2.79. The van der Waals surface area contributed by atoms with Gasteiger partial charge in [0.05, 0.1) is 5.39 Å². The molecule has 0 amide bonds. The average molecular weight is 280 g/mol. The molecule has 0 radical (unpaired) electrons. The minimum Gasteiger partial charge on any atom is -0.440 e. The van der Waals surface area contributed by atoms with Crippen molar-refractivity contribution in [3.63, 3.8) is 0 Å². The molecule has 100 valence electrons. The van der Waals surface area contributed by atoms with E-state index >= 15 is 0 Å². The number of halogens is 1. The monoisotopic (exact) mass is 279 g/mol. The maximum Gasteiger partial charge on any atom is 0.208 e. The maximum absolute atomic E-state index is 12.2. The molecule has 19 heavy (non-hydrogen) atoms. The average Bonchev–Trinajstić information content (AvgIpc) is 2.29. The van der Waals surface area contributed by atoms with E-state index in [-0.39, 0.29) is 22.4 Å². The van der Waals surface area contributed by atoms with Crippen LogP contribution in [0.25, 0.3) is 11.0 Å². The van der Waals surface area contributed by atoms with Crippen LogP contribution in [0.2, 0.25) is 5.02 Å². The fraction of sp³-hybridized carbons (Fsp3) is 0.286. The number of hydrogen-bond acceptors (Lipinski definition) is 4. The smallest absolute Gasteiger partial charge is 0.208 e. The van der Waals surface area contributed by atoms with Gasteiger partial charge in [-0.25, -0.2) is 0 Å². The van der Waals surface area contributed by atoms with Crippen molar-refractivity contribution in [2.75, 3.05) is 5.32 Å². The van der Waals surface area contributed by atoms with Gasteiger partial charge in [-0.15, -0.1) is 0 Å². The highest BCUT2D eigenvalue weighted by Crippen LogP contribution is 2.24. The summed E-state index contributed by atoms with van der Waals surface area (Å²) >= 11 is 5.85. The minimum atomic E-state index is -0.384. The summed E-state index contributed by atoms with van der Waals surface area (Å²) < 4.78 is 5.59. The van der Waals surface area contributed by atoms with Gasteiger partial charge in [-0.2, -0.15) is 0 Å². The normalized spacial score (nSPS) is 11.6. The standard InChI is InChI=1S/C14H14ClNO3/c1-14(2,3)16-13-10(7-17)12(18)9-6-8(15)4-5-11(9)19-13/h4-7,16H,1-3H3. The van der Waals surface area contributed by atoms with E-state index in [4.69, 9.17) is 16.0 Å². The van der Waals surface area contributed by atoms with E-state index in [0.717, 1.165) is 0 Å². The number of carbonyl (C=O) groups is 1. The van der Waals surface area contributed by atoms with E-state index in [2.05, 4.69) is 5.32 Å². The van der Waals surface area contributed by atoms with E-state index in [1.165, 1.54) is 6.07 Å². The summed E-state index contributed by atoms with van der Waals surface area (Å²) in [5.41, 5.74) is -0.338. The van der Waals surface area contributed by atoms with Gasteiger partial charge < -0.3 is 9.73 Å². The predicted molar refractivity (Wildman–Crippen MR) is 76.3 cm³/mol. The summed E-state index contributed by atoms with van der Waals surface area (Å²) in [4.78, 5) is 23.4. The van der Waals surface area contributed by atoms with Gasteiger partial charge in [0, 0.05) is 10.6 Å². The molecule has 1 aromatic heterocycles. The Morgan fingerprint density at radius 2 is 2.00 bits per heavy atom. The Morgan fingerprint density at radius 3 is 2.58 bits per heavy atom. The molecule has 1 N–H and O–H groups in total. The third-order valence-electron chi connectivity index (χ3n) is 2.49. The lowest BCUT2D eigenvalue weighted by Gasteiger charge is -2.21. The molecule has 0 fully saturated rings. The number of carbonyl (C=O) groups excluding carboxylic acids is 1. The van der Waals surface area contributed by atoms with Crippen molar-refractivity contribution in [1.29, 1.82) is 0 Å². The lowest BCUT2D eigenvalue weighted by Crippen LogP contribution is -2.28. The third-order valence-corrected chi connectivity index (χ3v) is 2.73. The number of fused-ring (bicyclic) bond motifs is 1. The van der Waals surface area contributed by atoms with Crippen LogP contribution in [0.1, 0.15) is 31.1 Å². The molecule has 1 heterocycles. The highest BCUT2D eigenvalue weighted by Gasteiger charge is 2.18. The lowest BCUT2D eigenvalue weighted by molar-refractivity contribution is 0.112. The number of anilines is 1. The Hall–Kier alpha value is -1.81. The SMILES string of the molecule is CC(C)(C)Nc1oc2ccc(Cl)cc2c(=O)c1C=O. The van der Waals surface area contributed by atoms with Crippen LogP contribution in [0.4, 0.5) is 5.88 Å². The van der Waals surface area contributed by atoms with Crippen molar-refractivity contribution in [2.24, 2.45) is 0 Å². The number of hydrogen-bond donors (Lipinski definition) is 1. The first-order valence-electron chi connectivity index (χ1n) is 5.81. The van der Waals surface area contributed by atoms with Crippen LogP contribution in [0, 0.1) is 0 Å². The molecular formula is C14H14ClNO3. The molecule has 4 nitrogen and oxygen atoms in total. The fourth-order valence-electron chi connectivity index (χ4n) is 1.72. The van der Waals surface area contributed by atoms with Crippen LogP contribution < -0.4 is 10.7 Å². The second-order valence-corrected chi connectivity index (χ2v) is 5.74. The minimum absolute atomic E-state index is 0.0234. The van der Waals surface area contributed by atoms with Crippen molar-refractivity contribution in [1.82, 2.24) is 0 Å². The Bertz CT molecular complexity index is 698. The van der Waals surface area contributed by atoms with Crippen LogP contribution in [-0.4, -0.2) is 11.8 Å². The van der Waals surface area contributed by atoms with E-state index in [9.17, 15) is 9.59 Å². The van der Waals surface area contributed by atoms with Crippen molar-refractivity contribution in [3.8, 4) is 0 Å². The molecule has 0 spiro atoms. The first-order valence-corrected chi connectivity index (χ1v) is 6.19. The van der Waals surface area contributed by atoms with Gasteiger partial charge in [0.1, 0.15) is 11.1 Å². The second kappa shape index (κ2) is 4.70. The lowest BCUT2D eigenvalue weighted by atomic mass is 10.1. The zero-order chi connectivity index (χ0) is 14.2. The molecular weight excluding hydrogens is 266 g/mol. The van der Waals surface area contributed by atoms with Crippen molar-refractivity contribution in [3.05, 3.63) is 39.0 Å². The molecule has 5 heteroatoms. The molecule has 0 atom stereocenters. The second-order valence-electron chi connectivity index (χ2n) is 5.31. The fourth-order valence-corrected chi connectivity index (χ4v) is 1.89. The molecule has 2 rings (SSSR count). The zero-order valence-corrected chi connectivity index (χ0v) is 11.7. The number of aldehydes is 1. The van der Waals surface area contributed by atoms with Crippen LogP contribution >= 0.6 is 11.6 Å². The largest absolute Gasteiger partial charge is 0.440 e. The molecule has 0 aliphatic rings. The summed E-state index contributed by atoms with van der Waals surface area (Å²) in [5, 5.41) is 3.74. The first kappa shape index (κ1) is 13.6. The Morgan fingerprint density at radius 1 is 1.32 bits per heavy atom. The topological polar surface area (TPSA) is 59.3 Å². The quantitative estimate of drug-likeness (QED) is 0.855. The Labute approximate surface area is 115 Å². The van der Waals surface area contributed by atoms with Gasteiger partial charge in [-0.05, 0) is 39.0 Å². The summed E-state index contributed by atoms with van der Waals surface area (Å²) in [6, 6.07) is 4.74. The molecule has 0 saturated carbocycles. The van der Waals surface area contributed by atoms with Gasteiger partial charge in [-0.1, -0.05) is 11.6 Å².